The van der Waals surface area contributed by atoms with Crippen LogP contribution in [0.15, 0.2) is 0 Å². The van der Waals surface area contributed by atoms with Crippen LogP contribution in [0.1, 0.15) is 77.6 Å². The van der Waals surface area contributed by atoms with Crippen molar-refractivity contribution >= 4 is 23.8 Å². The number of carbonyl (C=O) groups is 4. The summed E-state index contributed by atoms with van der Waals surface area (Å²) in [6.45, 7) is 2.85. The molecule has 2 saturated carbocycles. The van der Waals surface area contributed by atoms with Crippen LogP contribution in [0.2, 0.25) is 0 Å². The average Bonchev–Trinajstić information content (AvgIpc) is 3.00. The number of hydrogen-bond acceptors (Lipinski definition) is 4. The molecule has 2 heterocycles. The van der Waals surface area contributed by atoms with Gasteiger partial charge >= 0.3 is 6.03 Å². The number of rotatable bonds is 4. The highest BCUT2D eigenvalue weighted by Crippen LogP contribution is 2.36. The van der Waals surface area contributed by atoms with Gasteiger partial charge in [0.2, 0.25) is 11.8 Å². The van der Waals surface area contributed by atoms with Crippen LogP contribution in [-0.4, -0.2) is 64.8 Å². The summed E-state index contributed by atoms with van der Waals surface area (Å²) >= 11 is 0. The molecule has 2 saturated heterocycles. The Morgan fingerprint density at radius 3 is 2.45 bits per heavy atom. The maximum Gasteiger partial charge on any atom is 0.325 e. The van der Waals surface area contributed by atoms with Crippen LogP contribution in [0.4, 0.5) is 4.79 Å². The normalized spacial score (nSPS) is 32.3. The zero-order chi connectivity index (χ0) is 22.0. The summed E-state index contributed by atoms with van der Waals surface area (Å²) in [5.74, 6) is -0.138. The van der Waals surface area contributed by atoms with Crippen molar-refractivity contribution in [3.05, 3.63) is 0 Å². The van der Waals surface area contributed by atoms with Gasteiger partial charge in [0.05, 0.1) is 5.92 Å². The predicted molar refractivity (Wildman–Crippen MR) is 115 cm³/mol. The molecule has 0 bridgehead atoms. The predicted octanol–water partition coefficient (Wildman–Crippen LogP) is 2.17. The zero-order valence-electron chi connectivity index (χ0n) is 18.7. The maximum atomic E-state index is 13.0. The van der Waals surface area contributed by atoms with E-state index in [2.05, 4.69) is 17.6 Å². The van der Waals surface area contributed by atoms with Gasteiger partial charge in [0.15, 0.2) is 0 Å². The van der Waals surface area contributed by atoms with Crippen molar-refractivity contribution in [1.29, 1.82) is 0 Å². The lowest BCUT2D eigenvalue weighted by atomic mass is 9.77. The van der Waals surface area contributed by atoms with E-state index >= 15 is 0 Å². The summed E-state index contributed by atoms with van der Waals surface area (Å²) in [6.07, 6.45) is 10.2. The third-order valence-electron chi connectivity index (χ3n) is 7.76. The zero-order valence-corrected chi connectivity index (χ0v) is 18.7. The Kier molecular flexibility index (Phi) is 6.53. The fourth-order valence-electron chi connectivity index (χ4n) is 5.63. The van der Waals surface area contributed by atoms with E-state index in [1.54, 1.807) is 4.90 Å². The van der Waals surface area contributed by atoms with E-state index in [1.807, 2.05) is 0 Å². The van der Waals surface area contributed by atoms with Crippen LogP contribution in [0.5, 0.6) is 0 Å². The van der Waals surface area contributed by atoms with Crippen LogP contribution < -0.4 is 10.6 Å². The van der Waals surface area contributed by atoms with E-state index < -0.39 is 11.6 Å². The van der Waals surface area contributed by atoms with Crippen LogP contribution in [0.3, 0.4) is 0 Å². The van der Waals surface area contributed by atoms with Crippen LogP contribution in [0, 0.1) is 11.8 Å². The molecule has 0 aromatic carbocycles. The molecule has 31 heavy (non-hydrogen) atoms. The monoisotopic (exact) mass is 432 g/mol. The van der Waals surface area contributed by atoms with Crippen molar-refractivity contribution in [2.45, 2.75) is 89.1 Å². The van der Waals surface area contributed by atoms with E-state index in [0.29, 0.717) is 31.8 Å². The number of urea groups is 1. The van der Waals surface area contributed by atoms with Gasteiger partial charge < -0.3 is 15.5 Å². The Bertz CT molecular complexity index is 725. The van der Waals surface area contributed by atoms with Gasteiger partial charge in [0.25, 0.3) is 5.91 Å². The molecule has 0 radical (unpaired) electrons. The summed E-state index contributed by atoms with van der Waals surface area (Å²) in [6, 6.07) is -0.204. The van der Waals surface area contributed by atoms with Gasteiger partial charge in [-0.05, 0) is 57.3 Å². The van der Waals surface area contributed by atoms with E-state index in [9.17, 15) is 19.2 Å². The van der Waals surface area contributed by atoms with Crippen LogP contribution >= 0.6 is 0 Å². The Morgan fingerprint density at radius 2 is 1.74 bits per heavy atom. The fraction of sp³-hybridized carbons (Fsp3) is 0.826. The maximum absolute atomic E-state index is 13.0. The van der Waals surface area contributed by atoms with Gasteiger partial charge in [-0.25, -0.2) is 4.79 Å². The quantitative estimate of drug-likeness (QED) is 0.665. The van der Waals surface area contributed by atoms with Gasteiger partial charge in [-0.3, -0.25) is 19.3 Å². The second-order valence-electron chi connectivity index (χ2n) is 10.1. The lowest BCUT2D eigenvalue weighted by molar-refractivity contribution is -0.141. The van der Waals surface area contributed by atoms with Crippen molar-refractivity contribution in [2.75, 3.05) is 19.6 Å². The summed E-state index contributed by atoms with van der Waals surface area (Å²) < 4.78 is 0. The molecular formula is C23H36N4O4. The van der Waals surface area contributed by atoms with Crippen molar-refractivity contribution in [2.24, 2.45) is 11.8 Å². The Morgan fingerprint density at radius 1 is 1.03 bits per heavy atom. The van der Waals surface area contributed by atoms with Crippen LogP contribution in [-0.2, 0) is 14.4 Å². The van der Waals surface area contributed by atoms with E-state index in [1.165, 1.54) is 6.42 Å². The number of hydrogen-bond donors (Lipinski definition) is 2. The van der Waals surface area contributed by atoms with Crippen molar-refractivity contribution in [3.63, 3.8) is 0 Å². The highest BCUT2D eigenvalue weighted by atomic mass is 16.2. The summed E-state index contributed by atoms with van der Waals surface area (Å²) in [5, 5.41) is 6.05. The smallest absolute Gasteiger partial charge is 0.325 e. The lowest BCUT2D eigenvalue weighted by Crippen LogP contribution is -2.51. The molecule has 2 aliphatic heterocycles. The summed E-state index contributed by atoms with van der Waals surface area (Å²) in [4.78, 5) is 54.0. The average molecular weight is 433 g/mol. The second-order valence-corrected chi connectivity index (χ2v) is 10.1. The highest BCUT2D eigenvalue weighted by Gasteiger charge is 2.52. The number of nitrogens with zero attached hydrogens (tertiary/aromatic N) is 2. The Labute approximate surface area is 184 Å². The topological polar surface area (TPSA) is 98.8 Å². The first-order chi connectivity index (χ1) is 14.9. The second kappa shape index (κ2) is 9.17. The number of amides is 5. The minimum atomic E-state index is -0.825. The van der Waals surface area contributed by atoms with E-state index in [0.717, 1.165) is 56.3 Å². The molecule has 0 aromatic heterocycles. The molecular weight excluding hydrogens is 396 g/mol. The third kappa shape index (κ3) is 4.72. The molecule has 4 aliphatic rings. The van der Waals surface area contributed by atoms with Gasteiger partial charge in [0.1, 0.15) is 12.1 Å². The number of nitrogens with one attached hydrogen (secondary N) is 2. The minimum Gasteiger partial charge on any atom is -0.353 e. The van der Waals surface area contributed by atoms with Crippen LogP contribution in [0.25, 0.3) is 0 Å². The van der Waals surface area contributed by atoms with E-state index in [4.69, 9.17) is 0 Å². The molecule has 2 aliphatic carbocycles. The van der Waals surface area contributed by atoms with Crippen molar-refractivity contribution < 1.29 is 19.2 Å². The number of imide groups is 1. The van der Waals surface area contributed by atoms with Gasteiger partial charge in [-0.1, -0.05) is 26.2 Å². The molecule has 1 spiro atoms. The number of likely N-dealkylation sites (tertiary alicyclic amines) is 1. The first-order valence-corrected chi connectivity index (χ1v) is 12.1. The fourth-order valence-corrected chi connectivity index (χ4v) is 5.63. The lowest BCUT2D eigenvalue weighted by Gasteiger charge is -2.35. The molecule has 2 N–H and O–H groups in total. The molecule has 8 heteroatoms. The van der Waals surface area contributed by atoms with Crippen molar-refractivity contribution in [1.82, 2.24) is 20.4 Å². The first kappa shape index (κ1) is 22.1. The van der Waals surface area contributed by atoms with Gasteiger partial charge in [-0.15, -0.1) is 0 Å². The Hall–Kier alpha value is -2.12. The molecule has 8 nitrogen and oxygen atoms in total. The molecule has 4 fully saturated rings. The molecule has 4 rings (SSSR count). The van der Waals surface area contributed by atoms with Gasteiger partial charge in [-0.2, -0.15) is 0 Å². The molecule has 172 valence electrons. The Balaban J connectivity index is 1.32. The molecule has 5 amide bonds. The van der Waals surface area contributed by atoms with E-state index in [-0.39, 0.29) is 36.2 Å². The summed E-state index contributed by atoms with van der Waals surface area (Å²) in [7, 11) is 0. The molecule has 0 aromatic rings. The van der Waals surface area contributed by atoms with Crippen molar-refractivity contribution in [3.8, 4) is 0 Å². The molecule has 1 unspecified atom stereocenters. The number of carbonyl (C=O) groups excluding carboxylic acids is 4. The SMILES string of the molecule is CC1CCC2(CC1)NC(=O)N(CC(=O)N1CCCC(C(=O)NC3CCCCC3)C1)C2=O. The molecule has 1 atom stereocenters. The highest BCUT2D eigenvalue weighted by molar-refractivity contribution is 6.09. The third-order valence-corrected chi connectivity index (χ3v) is 7.76. The largest absolute Gasteiger partial charge is 0.353 e. The minimum absolute atomic E-state index is 0.0367. The van der Waals surface area contributed by atoms with Gasteiger partial charge in [0, 0.05) is 19.1 Å². The summed E-state index contributed by atoms with van der Waals surface area (Å²) in [5.41, 5.74) is -0.825. The standard InChI is InChI=1S/C23H36N4O4/c1-16-9-11-23(12-10-16)21(30)27(22(31)25-23)15-19(28)26-13-5-6-17(14-26)20(29)24-18-7-3-2-4-8-18/h16-18H,2-15H2,1H3,(H,24,29)(H,25,31). The number of piperidine rings is 1. The first-order valence-electron chi connectivity index (χ1n) is 12.1.